The van der Waals surface area contributed by atoms with E-state index in [0.717, 1.165) is 38.5 Å². The van der Waals surface area contributed by atoms with Gasteiger partial charge in [-0.05, 0) is 56.3 Å². The van der Waals surface area contributed by atoms with Crippen LogP contribution in [0.25, 0.3) is 0 Å². The summed E-state index contributed by atoms with van der Waals surface area (Å²) in [5.74, 6) is 0.895. The standard InChI is InChI=1S/C20H25N5O3S/c21-8-15-9-23-18(29-15)24-14-1-2-25(10-14)19(27)28-16-12-3-11-4-13(16)7-20(5-11,6-12)17(22)26/h9,11-14,16H,1-7,10H2,(H2,22,26)(H,23,24)/t11?,12-,13?,14?,16?,20?/m1/s1. The fraction of sp³-hybridized carbons (Fsp3) is 0.700. The molecule has 6 rings (SSSR count). The van der Waals surface area contributed by atoms with Gasteiger partial charge in [0.25, 0.3) is 0 Å². The highest BCUT2D eigenvalue weighted by atomic mass is 32.1. The van der Waals surface area contributed by atoms with Crippen molar-refractivity contribution in [3.8, 4) is 6.07 Å². The molecule has 154 valence electrons. The number of carbonyl (C=O) groups excluding carboxylic acids is 2. The van der Waals surface area contributed by atoms with Gasteiger partial charge in [-0.2, -0.15) is 5.26 Å². The summed E-state index contributed by atoms with van der Waals surface area (Å²) in [6.07, 6.45) is 6.57. The monoisotopic (exact) mass is 415 g/mol. The van der Waals surface area contributed by atoms with Gasteiger partial charge < -0.3 is 20.7 Å². The number of nitrogens with two attached hydrogens (primary N) is 1. The number of likely N-dealkylation sites (tertiary alicyclic amines) is 1. The van der Waals surface area contributed by atoms with Crippen molar-refractivity contribution in [1.82, 2.24) is 9.88 Å². The summed E-state index contributed by atoms with van der Waals surface area (Å²) in [7, 11) is 0. The Bertz CT molecular complexity index is 864. The van der Waals surface area contributed by atoms with Crippen molar-refractivity contribution in [3.05, 3.63) is 11.1 Å². The minimum absolute atomic E-state index is 0.0873. The smallest absolute Gasteiger partial charge is 0.410 e. The van der Waals surface area contributed by atoms with Crippen LogP contribution in [0.4, 0.5) is 9.93 Å². The number of aromatic nitrogens is 1. The Labute approximate surface area is 173 Å². The molecule has 2 heterocycles. The predicted molar refractivity (Wildman–Crippen MR) is 106 cm³/mol. The zero-order chi connectivity index (χ0) is 20.2. The summed E-state index contributed by atoms with van der Waals surface area (Å²) in [5.41, 5.74) is 5.38. The average molecular weight is 416 g/mol. The lowest BCUT2D eigenvalue weighted by molar-refractivity contribution is -0.161. The van der Waals surface area contributed by atoms with Crippen LogP contribution in [-0.2, 0) is 9.53 Å². The molecule has 1 aliphatic heterocycles. The van der Waals surface area contributed by atoms with Gasteiger partial charge in [0.15, 0.2) is 5.13 Å². The minimum Gasteiger partial charge on any atom is -0.446 e. The Morgan fingerprint density at radius 2 is 2.10 bits per heavy atom. The van der Waals surface area contributed by atoms with Crippen LogP contribution in [-0.4, -0.2) is 47.1 Å². The number of anilines is 1. The first-order chi connectivity index (χ1) is 14.0. The molecule has 2 amide bonds. The van der Waals surface area contributed by atoms with Crippen molar-refractivity contribution in [1.29, 1.82) is 5.26 Å². The van der Waals surface area contributed by atoms with Gasteiger partial charge in [-0.15, -0.1) is 0 Å². The first-order valence-electron chi connectivity index (χ1n) is 10.3. The molecule has 5 unspecified atom stereocenters. The number of ether oxygens (including phenoxy) is 1. The van der Waals surface area contributed by atoms with E-state index in [0.29, 0.717) is 29.0 Å². The summed E-state index contributed by atoms with van der Waals surface area (Å²) < 4.78 is 6.01. The van der Waals surface area contributed by atoms with E-state index in [-0.39, 0.29) is 41.4 Å². The summed E-state index contributed by atoms with van der Waals surface area (Å²) in [5, 5.41) is 12.9. The van der Waals surface area contributed by atoms with Crippen LogP contribution in [0.1, 0.15) is 43.4 Å². The quantitative estimate of drug-likeness (QED) is 0.778. The zero-order valence-electron chi connectivity index (χ0n) is 16.2. The predicted octanol–water partition coefficient (Wildman–Crippen LogP) is 2.32. The molecule has 0 spiro atoms. The SMILES string of the molecule is N#Cc1cnc(NC2CCN(C(=O)OC3C4CC5C[C@@H]3CC(C(N)=O)(C5)C4)C2)s1. The van der Waals surface area contributed by atoms with Crippen LogP contribution < -0.4 is 11.1 Å². The van der Waals surface area contributed by atoms with Crippen LogP contribution >= 0.6 is 11.3 Å². The van der Waals surface area contributed by atoms with Crippen LogP contribution in [0.5, 0.6) is 0 Å². The van der Waals surface area contributed by atoms with Crippen molar-refractivity contribution in [3.63, 3.8) is 0 Å². The van der Waals surface area contributed by atoms with E-state index in [9.17, 15) is 9.59 Å². The van der Waals surface area contributed by atoms with Crippen LogP contribution in [0.3, 0.4) is 0 Å². The van der Waals surface area contributed by atoms with E-state index in [4.69, 9.17) is 15.7 Å². The van der Waals surface area contributed by atoms with Crippen molar-refractivity contribution in [2.75, 3.05) is 18.4 Å². The number of primary amides is 1. The van der Waals surface area contributed by atoms with Crippen LogP contribution in [0.2, 0.25) is 0 Å². The number of amides is 2. The third-order valence-electron chi connectivity index (χ3n) is 7.34. The van der Waals surface area contributed by atoms with E-state index in [1.807, 2.05) is 0 Å². The summed E-state index contributed by atoms with van der Waals surface area (Å²) >= 11 is 1.32. The van der Waals surface area contributed by atoms with E-state index >= 15 is 0 Å². The first kappa shape index (κ1) is 18.7. The zero-order valence-corrected chi connectivity index (χ0v) is 17.0. The topological polar surface area (TPSA) is 121 Å². The lowest BCUT2D eigenvalue weighted by atomic mass is 9.48. The first-order valence-corrected chi connectivity index (χ1v) is 11.2. The number of nitrogens with zero attached hydrogens (tertiary/aromatic N) is 3. The molecule has 1 aromatic heterocycles. The highest BCUT2D eigenvalue weighted by molar-refractivity contribution is 7.16. The van der Waals surface area contributed by atoms with Gasteiger partial charge >= 0.3 is 6.09 Å². The lowest BCUT2D eigenvalue weighted by Crippen LogP contribution is -2.59. The Kier molecular flexibility index (Phi) is 4.42. The Hall–Kier alpha value is -2.34. The Morgan fingerprint density at radius 3 is 2.76 bits per heavy atom. The van der Waals surface area contributed by atoms with Gasteiger partial charge in [-0.25, -0.2) is 9.78 Å². The molecule has 9 heteroatoms. The number of rotatable bonds is 4. The van der Waals surface area contributed by atoms with Gasteiger partial charge in [0.2, 0.25) is 5.91 Å². The van der Waals surface area contributed by atoms with Crippen LogP contribution in [0.15, 0.2) is 6.20 Å². The van der Waals surface area contributed by atoms with Gasteiger partial charge in [0, 0.05) is 19.1 Å². The van der Waals surface area contributed by atoms with E-state index < -0.39 is 0 Å². The van der Waals surface area contributed by atoms with Crippen molar-refractivity contribution < 1.29 is 14.3 Å². The van der Waals surface area contributed by atoms with Crippen molar-refractivity contribution >= 4 is 28.5 Å². The maximum absolute atomic E-state index is 12.8. The summed E-state index contributed by atoms with van der Waals surface area (Å²) in [4.78, 5) is 31.4. The molecular formula is C20H25N5O3S. The molecule has 5 fully saturated rings. The second kappa shape index (κ2) is 6.87. The fourth-order valence-electron chi connectivity index (χ4n) is 6.27. The van der Waals surface area contributed by atoms with E-state index in [1.54, 1.807) is 11.1 Å². The molecule has 6 atom stereocenters. The van der Waals surface area contributed by atoms with Crippen molar-refractivity contribution in [2.24, 2.45) is 28.9 Å². The van der Waals surface area contributed by atoms with Crippen molar-refractivity contribution in [2.45, 2.75) is 50.7 Å². The summed E-state index contributed by atoms with van der Waals surface area (Å²) in [6.45, 7) is 1.21. The molecule has 1 saturated heterocycles. The molecule has 0 radical (unpaired) electrons. The maximum Gasteiger partial charge on any atom is 0.410 e. The third-order valence-corrected chi connectivity index (χ3v) is 8.17. The number of thiazole rings is 1. The Morgan fingerprint density at radius 1 is 1.34 bits per heavy atom. The highest BCUT2D eigenvalue weighted by Crippen LogP contribution is 2.60. The number of nitriles is 1. The molecule has 4 aliphatic carbocycles. The Balaban J connectivity index is 1.19. The number of hydrogen-bond donors (Lipinski definition) is 2. The fourth-order valence-corrected chi connectivity index (χ4v) is 6.96. The number of carbonyl (C=O) groups is 2. The second-order valence-corrected chi connectivity index (χ2v) is 10.2. The molecule has 29 heavy (non-hydrogen) atoms. The third kappa shape index (κ3) is 3.23. The van der Waals surface area contributed by atoms with E-state index in [2.05, 4.69) is 16.4 Å². The highest BCUT2D eigenvalue weighted by Gasteiger charge is 2.59. The number of hydrogen-bond acceptors (Lipinski definition) is 7. The molecule has 8 nitrogen and oxygen atoms in total. The number of nitrogens with one attached hydrogen (secondary N) is 1. The largest absolute Gasteiger partial charge is 0.446 e. The van der Waals surface area contributed by atoms with Crippen LogP contribution in [0, 0.1) is 34.5 Å². The molecular weight excluding hydrogens is 390 g/mol. The summed E-state index contributed by atoms with van der Waals surface area (Å²) in [6, 6.07) is 2.19. The molecule has 4 saturated carbocycles. The second-order valence-electron chi connectivity index (χ2n) is 9.18. The molecule has 4 bridgehead atoms. The lowest BCUT2D eigenvalue weighted by Gasteiger charge is -2.58. The molecule has 5 aliphatic rings. The molecule has 0 aromatic carbocycles. The van der Waals surface area contributed by atoms with Gasteiger partial charge in [0.1, 0.15) is 17.1 Å². The maximum atomic E-state index is 12.8. The van der Waals surface area contributed by atoms with Gasteiger partial charge in [-0.1, -0.05) is 11.3 Å². The van der Waals surface area contributed by atoms with Gasteiger partial charge in [0.05, 0.1) is 11.6 Å². The minimum atomic E-state index is -0.363. The molecule has 3 N–H and O–H groups in total. The normalized spacial score (nSPS) is 37.3. The van der Waals surface area contributed by atoms with E-state index in [1.165, 1.54) is 11.3 Å². The molecule has 1 aromatic rings. The average Bonchev–Trinajstić information content (AvgIpc) is 3.33. The van der Waals surface area contributed by atoms with Gasteiger partial charge in [-0.3, -0.25) is 4.79 Å².